The first kappa shape index (κ1) is 12.7. The number of nitrogens with two attached hydrogens (primary N) is 1. The number of methoxy groups -OCH3 is 1. The maximum absolute atomic E-state index is 6.06. The average molecular weight is 279 g/mol. The first-order valence-corrected chi connectivity index (χ1v) is 7.11. The Hall–Kier alpha value is -1.37. The fraction of sp³-hybridized carbons (Fsp3) is 0.462. The number of aromatic nitrogens is 1. The van der Waals surface area contributed by atoms with Crippen molar-refractivity contribution in [2.75, 3.05) is 39.1 Å². The van der Waals surface area contributed by atoms with Crippen molar-refractivity contribution in [3.8, 4) is 5.75 Å². The first-order valence-electron chi connectivity index (χ1n) is 6.30. The van der Waals surface area contributed by atoms with Gasteiger partial charge in [-0.25, -0.2) is 4.98 Å². The van der Waals surface area contributed by atoms with Crippen LogP contribution >= 0.6 is 11.3 Å². The summed E-state index contributed by atoms with van der Waals surface area (Å²) in [7, 11) is 1.62. The van der Waals surface area contributed by atoms with E-state index >= 15 is 0 Å². The average Bonchev–Trinajstić information content (AvgIpc) is 2.84. The highest BCUT2D eigenvalue weighted by Gasteiger charge is 2.15. The van der Waals surface area contributed by atoms with Gasteiger partial charge in [-0.05, 0) is 12.1 Å². The minimum atomic E-state index is 0.629. The lowest BCUT2D eigenvalue weighted by Crippen LogP contribution is -2.35. The van der Waals surface area contributed by atoms with Gasteiger partial charge >= 0.3 is 0 Å². The van der Waals surface area contributed by atoms with Gasteiger partial charge in [0.25, 0.3) is 0 Å². The van der Waals surface area contributed by atoms with Gasteiger partial charge in [-0.1, -0.05) is 0 Å². The quantitative estimate of drug-likeness (QED) is 0.867. The van der Waals surface area contributed by atoms with E-state index in [1.807, 2.05) is 12.1 Å². The minimum Gasteiger partial charge on any atom is -0.495 e. The zero-order valence-electron chi connectivity index (χ0n) is 10.9. The molecule has 0 spiro atoms. The van der Waals surface area contributed by atoms with E-state index in [0.717, 1.165) is 48.1 Å². The van der Waals surface area contributed by atoms with Gasteiger partial charge in [0.1, 0.15) is 22.0 Å². The second-order valence-corrected chi connectivity index (χ2v) is 5.64. The molecule has 1 fully saturated rings. The van der Waals surface area contributed by atoms with Gasteiger partial charge in [0.2, 0.25) is 0 Å². The van der Waals surface area contributed by atoms with Crippen molar-refractivity contribution >= 4 is 27.2 Å². The molecule has 6 heteroatoms. The van der Waals surface area contributed by atoms with E-state index in [-0.39, 0.29) is 0 Å². The molecule has 2 aromatic rings. The predicted octanol–water partition coefficient (Wildman–Crippen LogP) is 1.72. The standard InChI is InChI=1S/C13H17N3O2S/c1-17-9-2-3-10-13(12(9)14)15-11(19-10)8-16-4-6-18-7-5-16/h2-3H,4-8,14H2,1H3. The molecule has 3 rings (SSSR count). The van der Waals surface area contributed by atoms with Crippen LogP contribution in [0.4, 0.5) is 5.69 Å². The number of hydrogen-bond acceptors (Lipinski definition) is 6. The molecule has 0 radical (unpaired) electrons. The van der Waals surface area contributed by atoms with Crippen molar-refractivity contribution in [3.63, 3.8) is 0 Å². The van der Waals surface area contributed by atoms with E-state index in [1.54, 1.807) is 18.4 Å². The van der Waals surface area contributed by atoms with Gasteiger partial charge in [-0.3, -0.25) is 4.90 Å². The Morgan fingerprint density at radius 3 is 2.95 bits per heavy atom. The van der Waals surface area contributed by atoms with Crippen molar-refractivity contribution in [1.82, 2.24) is 9.88 Å². The number of rotatable bonds is 3. The van der Waals surface area contributed by atoms with Gasteiger partial charge in [0, 0.05) is 13.1 Å². The largest absolute Gasteiger partial charge is 0.495 e. The summed E-state index contributed by atoms with van der Waals surface area (Å²) >= 11 is 1.70. The molecule has 0 atom stereocenters. The molecule has 2 N–H and O–H groups in total. The third-order valence-corrected chi connectivity index (χ3v) is 4.29. The van der Waals surface area contributed by atoms with Crippen LogP contribution < -0.4 is 10.5 Å². The summed E-state index contributed by atoms with van der Waals surface area (Å²) in [5.74, 6) is 0.690. The summed E-state index contributed by atoms with van der Waals surface area (Å²) in [6.45, 7) is 4.41. The molecule has 102 valence electrons. The van der Waals surface area contributed by atoms with Crippen molar-refractivity contribution in [2.45, 2.75) is 6.54 Å². The highest BCUT2D eigenvalue weighted by atomic mass is 32.1. The predicted molar refractivity (Wildman–Crippen MR) is 76.7 cm³/mol. The van der Waals surface area contributed by atoms with E-state index in [0.29, 0.717) is 11.4 Å². The second-order valence-electron chi connectivity index (χ2n) is 4.52. The van der Waals surface area contributed by atoms with Gasteiger partial charge < -0.3 is 15.2 Å². The molecule has 0 unspecified atom stereocenters. The maximum Gasteiger partial charge on any atom is 0.144 e. The Morgan fingerprint density at radius 2 is 2.21 bits per heavy atom. The molecule has 0 saturated carbocycles. The van der Waals surface area contributed by atoms with Crippen molar-refractivity contribution in [3.05, 3.63) is 17.1 Å². The number of nitrogen functional groups attached to an aromatic ring is 1. The molecule has 0 bridgehead atoms. The highest BCUT2D eigenvalue weighted by Crippen LogP contribution is 2.33. The van der Waals surface area contributed by atoms with E-state index in [4.69, 9.17) is 15.2 Å². The number of benzene rings is 1. The van der Waals surface area contributed by atoms with E-state index in [1.165, 1.54) is 0 Å². The Bertz CT molecular complexity index is 579. The topological polar surface area (TPSA) is 60.6 Å². The Morgan fingerprint density at radius 1 is 1.42 bits per heavy atom. The number of thiazole rings is 1. The number of ether oxygens (including phenoxy) is 2. The molecule has 5 nitrogen and oxygen atoms in total. The van der Waals surface area contributed by atoms with E-state index in [9.17, 15) is 0 Å². The number of hydrogen-bond donors (Lipinski definition) is 1. The molecule has 1 aromatic heterocycles. The fourth-order valence-electron chi connectivity index (χ4n) is 2.24. The maximum atomic E-state index is 6.06. The lowest BCUT2D eigenvalue weighted by Gasteiger charge is -2.25. The molecule has 0 aliphatic carbocycles. The molecule has 19 heavy (non-hydrogen) atoms. The summed E-state index contributed by atoms with van der Waals surface area (Å²) in [5.41, 5.74) is 7.54. The zero-order valence-corrected chi connectivity index (χ0v) is 11.7. The monoisotopic (exact) mass is 279 g/mol. The molecular formula is C13H17N3O2S. The SMILES string of the molecule is COc1ccc2sc(CN3CCOCC3)nc2c1N. The van der Waals surface area contributed by atoms with Crippen LogP contribution in [-0.4, -0.2) is 43.3 Å². The molecule has 1 aliphatic heterocycles. The summed E-state index contributed by atoms with van der Waals surface area (Å²) in [5, 5.41) is 1.09. The van der Waals surface area contributed by atoms with Crippen LogP contribution in [0, 0.1) is 0 Å². The zero-order chi connectivity index (χ0) is 13.2. The molecular weight excluding hydrogens is 262 g/mol. The van der Waals surface area contributed by atoms with Crippen LogP contribution in [0.3, 0.4) is 0 Å². The van der Waals surface area contributed by atoms with Crippen LogP contribution in [0.15, 0.2) is 12.1 Å². The fourth-order valence-corrected chi connectivity index (χ4v) is 3.26. The Balaban J connectivity index is 1.86. The first-order chi connectivity index (χ1) is 9.28. The Labute approximate surface area is 115 Å². The number of nitrogens with zero attached hydrogens (tertiary/aromatic N) is 2. The number of morpholine rings is 1. The van der Waals surface area contributed by atoms with Gasteiger partial charge in [0.15, 0.2) is 0 Å². The van der Waals surface area contributed by atoms with Crippen LogP contribution in [0.5, 0.6) is 5.75 Å². The van der Waals surface area contributed by atoms with Gasteiger partial charge in [-0.15, -0.1) is 11.3 Å². The van der Waals surface area contributed by atoms with Crippen molar-refractivity contribution in [2.24, 2.45) is 0 Å². The summed E-state index contributed by atoms with van der Waals surface area (Å²) in [6, 6.07) is 3.92. The van der Waals surface area contributed by atoms with Crippen molar-refractivity contribution in [1.29, 1.82) is 0 Å². The number of fused-ring (bicyclic) bond motifs is 1. The number of anilines is 1. The van der Waals surface area contributed by atoms with Crippen LogP contribution in [-0.2, 0) is 11.3 Å². The summed E-state index contributed by atoms with van der Waals surface area (Å²) < 4.78 is 11.7. The van der Waals surface area contributed by atoms with Crippen LogP contribution in [0.25, 0.3) is 10.2 Å². The minimum absolute atomic E-state index is 0.629. The van der Waals surface area contributed by atoms with Gasteiger partial charge in [0.05, 0.1) is 31.6 Å². The normalized spacial score (nSPS) is 16.9. The van der Waals surface area contributed by atoms with Crippen LogP contribution in [0.1, 0.15) is 5.01 Å². The molecule has 1 aliphatic rings. The van der Waals surface area contributed by atoms with Crippen LogP contribution in [0.2, 0.25) is 0 Å². The third-order valence-electron chi connectivity index (χ3n) is 3.29. The Kier molecular flexibility index (Phi) is 3.54. The summed E-state index contributed by atoms with van der Waals surface area (Å²) in [6.07, 6.45) is 0. The lowest BCUT2D eigenvalue weighted by molar-refractivity contribution is 0.0342. The lowest BCUT2D eigenvalue weighted by atomic mass is 10.2. The molecule has 2 heterocycles. The third kappa shape index (κ3) is 2.51. The smallest absolute Gasteiger partial charge is 0.144 e. The molecule has 1 aromatic carbocycles. The van der Waals surface area contributed by atoms with E-state index < -0.39 is 0 Å². The van der Waals surface area contributed by atoms with E-state index in [2.05, 4.69) is 9.88 Å². The molecule has 0 amide bonds. The highest BCUT2D eigenvalue weighted by molar-refractivity contribution is 7.18. The van der Waals surface area contributed by atoms with Gasteiger partial charge in [-0.2, -0.15) is 0 Å². The molecule has 1 saturated heterocycles. The van der Waals surface area contributed by atoms with Crippen molar-refractivity contribution < 1.29 is 9.47 Å². The summed E-state index contributed by atoms with van der Waals surface area (Å²) in [4.78, 5) is 7.00. The second kappa shape index (κ2) is 5.32.